The van der Waals surface area contributed by atoms with Crippen LogP contribution in [-0.2, 0) is 0 Å². The number of para-hydroxylation sites is 1. The van der Waals surface area contributed by atoms with Crippen LogP contribution in [0.5, 0.6) is 5.75 Å². The molecule has 2 N–H and O–H groups in total. The van der Waals surface area contributed by atoms with Crippen molar-refractivity contribution in [2.75, 3.05) is 7.11 Å². The van der Waals surface area contributed by atoms with Gasteiger partial charge in [-0.25, -0.2) is 4.79 Å². The van der Waals surface area contributed by atoms with Crippen LogP contribution in [0.4, 0.5) is 4.79 Å². The van der Waals surface area contributed by atoms with Crippen molar-refractivity contribution < 1.29 is 13.9 Å². The largest absolute Gasteiger partial charge is 0.496 e. The molecule has 0 aliphatic heterocycles. The Morgan fingerprint density at radius 2 is 2.09 bits per heavy atom. The molecule has 0 bridgehead atoms. The summed E-state index contributed by atoms with van der Waals surface area (Å²) in [6, 6.07) is 11.5. The lowest BCUT2D eigenvalue weighted by Gasteiger charge is -2.13. The Morgan fingerprint density at radius 1 is 1.30 bits per heavy atom. The molecule has 5 heteroatoms. The molecule has 0 spiro atoms. The predicted molar refractivity (Wildman–Crippen MR) is 87.7 cm³/mol. The molecule has 3 atom stereocenters. The van der Waals surface area contributed by atoms with Gasteiger partial charge in [0.25, 0.3) is 0 Å². The summed E-state index contributed by atoms with van der Waals surface area (Å²) in [5, 5.41) is 5.92. The van der Waals surface area contributed by atoms with Gasteiger partial charge in [0.05, 0.1) is 13.2 Å². The third kappa shape index (κ3) is 3.50. The van der Waals surface area contributed by atoms with Crippen molar-refractivity contribution in [3.8, 4) is 5.75 Å². The highest BCUT2D eigenvalue weighted by molar-refractivity contribution is 5.75. The van der Waals surface area contributed by atoms with E-state index in [1.54, 1.807) is 7.11 Å². The Bertz CT molecular complexity index is 695. The Morgan fingerprint density at radius 3 is 2.78 bits per heavy atom. The van der Waals surface area contributed by atoms with Crippen molar-refractivity contribution in [1.82, 2.24) is 10.6 Å². The number of methoxy groups -OCH3 is 1. The normalized spacial score (nSPS) is 20.7. The summed E-state index contributed by atoms with van der Waals surface area (Å²) in [7, 11) is 1.67. The van der Waals surface area contributed by atoms with Gasteiger partial charge in [0.1, 0.15) is 17.3 Å². The summed E-state index contributed by atoms with van der Waals surface area (Å²) in [5.74, 6) is 2.79. The third-order valence-electron chi connectivity index (χ3n) is 4.18. The second kappa shape index (κ2) is 6.36. The van der Waals surface area contributed by atoms with Gasteiger partial charge in [0.15, 0.2) is 0 Å². The Labute approximate surface area is 136 Å². The van der Waals surface area contributed by atoms with Crippen LogP contribution in [0, 0.1) is 6.92 Å². The van der Waals surface area contributed by atoms with E-state index in [9.17, 15) is 4.79 Å². The first-order valence-corrected chi connectivity index (χ1v) is 7.84. The highest BCUT2D eigenvalue weighted by Gasteiger charge is 2.41. The fourth-order valence-corrected chi connectivity index (χ4v) is 2.83. The monoisotopic (exact) mass is 314 g/mol. The molecule has 122 valence electrons. The highest BCUT2D eigenvalue weighted by Crippen LogP contribution is 2.44. The zero-order valence-corrected chi connectivity index (χ0v) is 13.6. The molecule has 2 aromatic rings. The van der Waals surface area contributed by atoms with Gasteiger partial charge in [0.2, 0.25) is 0 Å². The number of aryl methyl sites for hydroxylation is 1. The van der Waals surface area contributed by atoms with Gasteiger partial charge in [0, 0.05) is 12.0 Å². The summed E-state index contributed by atoms with van der Waals surface area (Å²) in [5.41, 5.74) is 1.15. The number of nitrogens with one attached hydrogen (secondary N) is 2. The van der Waals surface area contributed by atoms with Crippen LogP contribution in [0.25, 0.3) is 0 Å². The molecule has 1 aliphatic carbocycles. The Hall–Kier alpha value is -2.43. The van der Waals surface area contributed by atoms with Crippen molar-refractivity contribution in [3.63, 3.8) is 0 Å². The van der Waals surface area contributed by atoms with Gasteiger partial charge in [-0.3, -0.25) is 0 Å². The standard InChI is InChI=1S/C18H22N2O3/c1-11-8-9-16(23-11)12(2)19-18(21)20-15-10-14(15)13-6-4-5-7-17(13)22-3/h4-9,12,14-15H,10H2,1-3H3,(H2,19,20,21)/t12-,14+,15-/m1/s1. The molecular formula is C18H22N2O3. The van der Waals surface area contributed by atoms with E-state index >= 15 is 0 Å². The zero-order valence-electron chi connectivity index (χ0n) is 13.6. The van der Waals surface area contributed by atoms with Gasteiger partial charge in [-0.2, -0.15) is 0 Å². The van der Waals surface area contributed by atoms with Gasteiger partial charge < -0.3 is 19.8 Å². The van der Waals surface area contributed by atoms with E-state index in [1.165, 1.54) is 0 Å². The topological polar surface area (TPSA) is 63.5 Å². The van der Waals surface area contributed by atoms with Crippen molar-refractivity contribution in [2.24, 2.45) is 0 Å². The van der Waals surface area contributed by atoms with Crippen molar-refractivity contribution in [1.29, 1.82) is 0 Å². The van der Waals surface area contributed by atoms with Crippen molar-refractivity contribution in [3.05, 3.63) is 53.5 Å². The van der Waals surface area contributed by atoms with Gasteiger partial charge in [-0.05, 0) is 44.0 Å². The average molecular weight is 314 g/mol. The first-order chi connectivity index (χ1) is 11.1. The predicted octanol–water partition coefficient (Wildman–Crippen LogP) is 3.51. The first kappa shape index (κ1) is 15.5. The summed E-state index contributed by atoms with van der Waals surface area (Å²) in [6.45, 7) is 3.79. The number of hydrogen-bond acceptors (Lipinski definition) is 3. The summed E-state index contributed by atoms with van der Waals surface area (Å²) in [6.07, 6.45) is 0.933. The smallest absolute Gasteiger partial charge is 0.315 e. The second-order valence-electron chi connectivity index (χ2n) is 5.98. The number of ether oxygens (including phenoxy) is 1. The van der Waals surface area contributed by atoms with E-state index in [4.69, 9.17) is 9.15 Å². The number of carbonyl (C=O) groups excluding carboxylic acids is 1. The molecule has 1 aromatic heterocycles. The molecular weight excluding hydrogens is 292 g/mol. The molecule has 1 aliphatic rings. The Balaban J connectivity index is 1.54. The van der Waals surface area contributed by atoms with Crippen molar-refractivity contribution in [2.45, 2.75) is 38.3 Å². The third-order valence-corrected chi connectivity index (χ3v) is 4.18. The lowest BCUT2D eigenvalue weighted by molar-refractivity contribution is 0.235. The molecule has 0 saturated heterocycles. The number of carbonyl (C=O) groups is 1. The van der Waals surface area contributed by atoms with Crippen LogP contribution in [0.15, 0.2) is 40.8 Å². The number of hydrogen-bond donors (Lipinski definition) is 2. The minimum atomic E-state index is -0.172. The number of amides is 2. The molecule has 2 amide bonds. The minimum absolute atomic E-state index is 0.150. The number of rotatable bonds is 5. The summed E-state index contributed by atoms with van der Waals surface area (Å²) >= 11 is 0. The molecule has 23 heavy (non-hydrogen) atoms. The number of urea groups is 1. The number of furan rings is 1. The molecule has 1 fully saturated rings. The zero-order chi connectivity index (χ0) is 16.4. The minimum Gasteiger partial charge on any atom is -0.496 e. The lowest BCUT2D eigenvalue weighted by Crippen LogP contribution is -2.38. The maximum atomic E-state index is 12.1. The van der Waals surface area contributed by atoms with Crippen LogP contribution in [0.1, 0.15) is 42.4 Å². The van der Waals surface area contributed by atoms with Crippen LogP contribution in [0.3, 0.4) is 0 Å². The van der Waals surface area contributed by atoms with Crippen LogP contribution in [0.2, 0.25) is 0 Å². The van der Waals surface area contributed by atoms with Crippen LogP contribution >= 0.6 is 0 Å². The Kier molecular flexibility index (Phi) is 4.28. The van der Waals surface area contributed by atoms with Crippen molar-refractivity contribution >= 4 is 6.03 Å². The van der Waals surface area contributed by atoms with E-state index < -0.39 is 0 Å². The summed E-state index contributed by atoms with van der Waals surface area (Å²) in [4.78, 5) is 12.1. The number of benzene rings is 1. The maximum absolute atomic E-state index is 12.1. The fraction of sp³-hybridized carbons (Fsp3) is 0.389. The molecule has 5 nitrogen and oxygen atoms in total. The summed E-state index contributed by atoms with van der Waals surface area (Å²) < 4.78 is 10.9. The molecule has 0 radical (unpaired) electrons. The first-order valence-electron chi connectivity index (χ1n) is 7.84. The van der Waals surface area contributed by atoms with Crippen LogP contribution in [-0.4, -0.2) is 19.2 Å². The average Bonchev–Trinajstić information content (AvgIpc) is 3.15. The molecule has 3 rings (SSSR count). The van der Waals surface area contributed by atoms with E-state index in [0.717, 1.165) is 29.3 Å². The second-order valence-corrected chi connectivity index (χ2v) is 5.98. The van der Waals surface area contributed by atoms with Gasteiger partial charge in [-0.15, -0.1) is 0 Å². The van der Waals surface area contributed by atoms with E-state index in [-0.39, 0.29) is 18.1 Å². The van der Waals surface area contributed by atoms with Gasteiger partial charge >= 0.3 is 6.03 Å². The molecule has 1 heterocycles. The van der Waals surface area contributed by atoms with E-state index in [1.807, 2.05) is 44.2 Å². The molecule has 0 unspecified atom stereocenters. The maximum Gasteiger partial charge on any atom is 0.315 e. The SMILES string of the molecule is COc1ccccc1[C@@H]1C[C@H]1NC(=O)N[C@H](C)c1ccc(C)o1. The van der Waals surface area contributed by atoms with Crippen LogP contribution < -0.4 is 15.4 Å². The lowest BCUT2D eigenvalue weighted by atomic mass is 10.1. The van der Waals surface area contributed by atoms with Gasteiger partial charge in [-0.1, -0.05) is 18.2 Å². The molecule has 1 saturated carbocycles. The van der Waals surface area contributed by atoms with E-state index in [0.29, 0.717) is 5.92 Å². The quantitative estimate of drug-likeness (QED) is 0.887. The molecule has 1 aromatic carbocycles. The van der Waals surface area contributed by atoms with E-state index in [2.05, 4.69) is 16.7 Å². The fourth-order valence-electron chi connectivity index (χ4n) is 2.83. The highest BCUT2D eigenvalue weighted by atomic mass is 16.5.